The quantitative estimate of drug-likeness (QED) is 0.834. The minimum Gasteiger partial charge on any atom is -0.212 e. The number of aryl methyl sites for hydroxylation is 1. The molecule has 0 heterocycles. The normalized spacial score (nSPS) is 11.6. The minimum atomic E-state index is -3.09. The Morgan fingerprint density at radius 1 is 1.33 bits per heavy atom. The summed E-state index contributed by atoms with van der Waals surface area (Å²) in [6.07, 6.45) is 0.642. The van der Waals surface area contributed by atoms with Gasteiger partial charge in [-0.25, -0.2) is 13.1 Å². The molecule has 4 heteroatoms. The van der Waals surface area contributed by atoms with Gasteiger partial charge in [0.25, 0.3) is 0 Å². The fourth-order valence-corrected chi connectivity index (χ4v) is 2.42. The van der Waals surface area contributed by atoms with Gasteiger partial charge in [-0.3, -0.25) is 0 Å². The van der Waals surface area contributed by atoms with Gasteiger partial charge in [-0.1, -0.05) is 36.8 Å². The van der Waals surface area contributed by atoms with Crippen LogP contribution in [0.25, 0.3) is 0 Å². The highest BCUT2D eigenvalue weighted by Gasteiger charge is 2.07. The Hall–Kier alpha value is -0.870. The van der Waals surface area contributed by atoms with E-state index in [-0.39, 0.29) is 5.75 Å². The van der Waals surface area contributed by atoms with Crippen molar-refractivity contribution in [2.24, 2.45) is 0 Å². The smallest absolute Gasteiger partial charge is 0.211 e. The van der Waals surface area contributed by atoms with Crippen molar-refractivity contribution in [3.05, 3.63) is 35.4 Å². The van der Waals surface area contributed by atoms with Crippen molar-refractivity contribution >= 4 is 10.0 Å². The number of sulfonamides is 1. The van der Waals surface area contributed by atoms with Gasteiger partial charge in [0.2, 0.25) is 10.0 Å². The number of rotatable bonds is 5. The topological polar surface area (TPSA) is 46.2 Å². The average molecular weight is 227 g/mol. The van der Waals surface area contributed by atoms with E-state index in [1.54, 1.807) is 0 Å². The molecule has 0 spiro atoms. The zero-order chi connectivity index (χ0) is 11.3. The lowest BCUT2D eigenvalue weighted by Crippen LogP contribution is -2.25. The molecule has 0 aromatic heterocycles. The van der Waals surface area contributed by atoms with Crippen LogP contribution in [0.1, 0.15) is 24.5 Å². The zero-order valence-corrected chi connectivity index (χ0v) is 9.97. The van der Waals surface area contributed by atoms with Crippen LogP contribution in [0.15, 0.2) is 24.3 Å². The number of hydrogen-bond acceptors (Lipinski definition) is 2. The molecule has 0 aliphatic rings. The van der Waals surface area contributed by atoms with Crippen LogP contribution >= 0.6 is 0 Å². The lowest BCUT2D eigenvalue weighted by atomic mass is 10.1. The maximum Gasteiger partial charge on any atom is 0.211 e. The average Bonchev–Trinajstić information content (AvgIpc) is 2.15. The van der Waals surface area contributed by atoms with Gasteiger partial charge in [0.1, 0.15) is 0 Å². The lowest BCUT2D eigenvalue weighted by molar-refractivity contribution is 0.580. The molecule has 3 nitrogen and oxygen atoms in total. The van der Waals surface area contributed by atoms with Crippen LogP contribution in [0, 0.1) is 6.92 Å². The number of benzene rings is 1. The molecule has 0 aliphatic carbocycles. The van der Waals surface area contributed by atoms with E-state index in [1.165, 1.54) is 0 Å². The van der Waals surface area contributed by atoms with E-state index in [2.05, 4.69) is 4.72 Å². The molecule has 0 saturated carbocycles. The summed E-state index contributed by atoms with van der Waals surface area (Å²) in [7, 11) is -3.09. The van der Waals surface area contributed by atoms with Gasteiger partial charge in [-0.05, 0) is 18.9 Å². The molecule has 15 heavy (non-hydrogen) atoms. The number of nitrogens with one attached hydrogen (secondary N) is 1. The predicted molar refractivity (Wildman–Crippen MR) is 62.1 cm³/mol. The summed E-state index contributed by atoms with van der Waals surface area (Å²) in [5, 5.41) is 0. The fourth-order valence-electron chi connectivity index (χ4n) is 1.36. The molecule has 0 atom stereocenters. The minimum absolute atomic E-state index is 0.193. The largest absolute Gasteiger partial charge is 0.212 e. The first kappa shape index (κ1) is 12.2. The molecule has 1 N–H and O–H groups in total. The third-order valence-electron chi connectivity index (χ3n) is 2.05. The van der Waals surface area contributed by atoms with Gasteiger partial charge in [-0.15, -0.1) is 0 Å². The van der Waals surface area contributed by atoms with E-state index in [0.29, 0.717) is 13.0 Å². The highest BCUT2D eigenvalue weighted by Crippen LogP contribution is 2.04. The summed E-state index contributed by atoms with van der Waals surface area (Å²) in [6.45, 7) is 4.22. The van der Waals surface area contributed by atoms with E-state index in [9.17, 15) is 8.42 Å². The van der Waals surface area contributed by atoms with Gasteiger partial charge in [0.05, 0.1) is 5.75 Å². The van der Waals surface area contributed by atoms with Gasteiger partial charge < -0.3 is 0 Å². The second-order valence-electron chi connectivity index (χ2n) is 3.63. The van der Waals surface area contributed by atoms with Crippen LogP contribution in [-0.4, -0.2) is 14.2 Å². The van der Waals surface area contributed by atoms with Crippen molar-refractivity contribution in [3.63, 3.8) is 0 Å². The Morgan fingerprint density at radius 3 is 2.67 bits per heavy atom. The summed E-state index contributed by atoms with van der Waals surface area (Å²) in [4.78, 5) is 0. The van der Waals surface area contributed by atoms with Crippen molar-refractivity contribution in [2.45, 2.75) is 26.8 Å². The van der Waals surface area contributed by atoms with Gasteiger partial charge >= 0.3 is 0 Å². The summed E-state index contributed by atoms with van der Waals surface area (Å²) in [5.74, 6) is 0.193. The summed E-state index contributed by atoms with van der Waals surface area (Å²) < 4.78 is 25.3. The molecule has 0 radical (unpaired) electrons. The van der Waals surface area contributed by atoms with Crippen molar-refractivity contribution in [1.82, 2.24) is 4.72 Å². The summed E-state index contributed by atoms with van der Waals surface area (Å²) >= 11 is 0. The Morgan fingerprint density at radius 2 is 2.07 bits per heavy atom. The molecular formula is C11H17NO2S. The van der Waals surface area contributed by atoms with Crippen LogP contribution in [0.3, 0.4) is 0 Å². The molecule has 0 bridgehead atoms. The summed E-state index contributed by atoms with van der Waals surface area (Å²) in [6, 6.07) is 7.82. The van der Waals surface area contributed by atoms with Crippen LogP contribution in [0.5, 0.6) is 0 Å². The SMILES string of the molecule is CCCS(=O)(=O)NCc1cccc(C)c1. The molecule has 0 aliphatic heterocycles. The Kier molecular flexibility index (Phi) is 4.29. The van der Waals surface area contributed by atoms with Gasteiger partial charge in [-0.2, -0.15) is 0 Å². The van der Waals surface area contributed by atoms with Crippen LogP contribution in [-0.2, 0) is 16.6 Å². The second-order valence-corrected chi connectivity index (χ2v) is 5.56. The third-order valence-corrected chi connectivity index (χ3v) is 3.58. The maximum atomic E-state index is 11.4. The third kappa shape index (κ3) is 4.44. The second kappa shape index (κ2) is 5.28. The molecule has 84 valence electrons. The monoisotopic (exact) mass is 227 g/mol. The van der Waals surface area contributed by atoms with Crippen molar-refractivity contribution in [2.75, 3.05) is 5.75 Å². The molecule has 0 amide bonds. The van der Waals surface area contributed by atoms with Gasteiger partial charge in [0.15, 0.2) is 0 Å². The van der Waals surface area contributed by atoms with E-state index < -0.39 is 10.0 Å². The predicted octanol–water partition coefficient (Wildman–Crippen LogP) is 1.82. The summed E-state index contributed by atoms with van der Waals surface area (Å²) in [5.41, 5.74) is 2.14. The first-order valence-corrected chi connectivity index (χ1v) is 6.71. The Balaban J connectivity index is 2.58. The van der Waals surface area contributed by atoms with Crippen LogP contribution < -0.4 is 4.72 Å². The molecule has 1 aromatic carbocycles. The molecule has 1 aromatic rings. The number of hydrogen-bond donors (Lipinski definition) is 1. The standard InChI is InChI=1S/C11H17NO2S/c1-3-7-15(13,14)12-9-11-6-4-5-10(2)8-11/h4-6,8,12H,3,7,9H2,1-2H3. The van der Waals surface area contributed by atoms with E-state index in [0.717, 1.165) is 11.1 Å². The maximum absolute atomic E-state index is 11.4. The van der Waals surface area contributed by atoms with Crippen LogP contribution in [0.2, 0.25) is 0 Å². The fraction of sp³-hybridized carbons (Fsp3) is 0.455. The van der Waals surface area contributed by atoms with E-state index in [1.807, 2.05) is 38.1 Å². The van der Waals surface area contributed by atoms with Crippen molar-refractivity contribution in [3.8, 4) is 0 Å². The molecular weight excluding hydrogens is 210 g/mol. The first-order valence-electron chi connectivity index (χ1n) is 5.06. The molecule has 1 rings (SSSR count). The van der Waals surface area contributed by atoms with E-state index >= 15 is 0 Å². The Bertz CT molecular complexity index is 412. The lowest BCUT2D eigenvalue weighted by Gasteiger charge is -2.05. The highest BCUT2D eigenvalue weighted by atomic mass is 32.2. The zero-order valence-electron chi connectivity index (χ0n) is 9.16. The van der Waals surface area contributed by atoms with Crippen molar-refractivity contribution in [1.29, 1.82) is 0 Å². The van der Waals surface area contributed by atoms with Gasteiger partial charge in [0, 0.05) is 6.54 Å². The first-order chi connectivity index (χ1) is 7.03. The molecule has 0 saturated heterocycles. The highest BCUT2D eigenvalue weighted by molar-refractivity contribution is 7.89. The Labute approximate surface area is 91.6 Å². The van der Waals surface area contributed by atoms with E-state index in [4.69, 9.17) is 0 Å². The van der Waals surface area contributed by atoms with Crippen LogP contribution in [0.4, 0.5) is 0 Å². The van der Waals surface area contributed by atoms with Crippen molar-refractivity contribution < 1.29 is 8.42 Å². The molecule has 0 unspecified atom stereocenters. The molecule has 0 fully saturated rings.